The highest BCUT2D eigenvalue weighted by Gasteiger charge is 2.17. The lowest BCUT2D eigenvalue weighted by Crippen LogP contribution is -1.98. The Balaban J connectivity index is 1.97. The maximum absolute atomic E-state index is 11.6. The largest absolute Gasteiger partial charge is 0.478 e. The quantitative estimate of drug-likeness (QED) is 0.501. The van der Waals surface area contributed by atoms with Gasteiger partial charge < -0.3 is 15.4 Å². The zero-order chi connectivity index (χ0) is 16.7. The monoisotopic (exact) mass is 337 g/mol. The standard InChI is InChI=1S/C18H12ClN3O2/c19-10-5-7-11(8-6-10)21-17-16-15(13(9-20-16)18(23)24)12-3-1-2-4-14(12)22-17/h1-9,20H,(H,21,22)(H,23,24). The number of carboxylic acid groups (broad SMARTS) is 1. The molecular weight excluding hydrogens is 326 g/mol. The molecule has 4 rings (SSSR count). The number of hydrogen-bond donors (Lipinski definition) is 3. The molecule has 2 aromatic heterocycles. The predicted molar refractivity (Wildman–Crippen MR) is 95.3 cm³/mol. The number of rotatable bonds is 3. The smallest absolute Gasteiger partial charge is 0.337 e. The molecule has 24 heavy (non-hydrogen) atoms. The minimum atomic E-state index is -0.977. The molecule has 0 fully saturated rings. The van der Waals surface area contributed by atoms with Gasteiger partial charge >= 0.3 is 5.97 Å². The number of halogens is 1. The Labute approximate surface area is 141 Å². The second-order valence-electron chi connectivity index (χ2n) is 5.37. The summed E-state index contributed by atoms with van der Waals surface area (Å²) < 4.78 is 0. The van der Waals surface area contributed by atoms with Crippen molar-refractivity contribution >= 4 is 50.9 Å². The molecule has 0 unspecified atom stereocenters. The van der Waals surface area contributed by atoms with Gasteiger partial charge in [0.1, 0.15) is 0 Å². The van der Waals surface area contributed by atoms with E-state index in [0.29, 0.717) is 21.7 Å². The van der Waals surface area contributed by atoms with Crippen LogP contribution in [0.1, 0.15) is 10.4 Å². The van der Waals surface area contributed by atoms with Crippen LogP contribution in [0.25, 0.3) is 21.8 Å². The van der Waals surface area contributed by atoms with Gasteiger partial charge in [0.2, 0.25) is 0 Å². The molecule has 0 aliphatic rings. The molecule has 2 aromatic carbocycles. The fraction of sp³-hybridized carbons (Fsp3) is 0. The van der Waals surface area contributed by atoms with Crippen molar-refractivity contribution < 1.29 is 9.90 Å². The van der Waals surface area contributed by atoms with Crippen molar-refractivity contribution in [2.45, 2.75) is 0 Å². The first-order chi connectivity index (χ1) is 11.6. The van der Waals surface area contributed by atoms with Gasteiger partial charge in [0, 0.05) is 27.7 Å². The van der Waals surface area contributed by atoms with Crippen molar-refractivity contribution in [2.75, 3.05) is 5.32 Å². The van der Waals surface area contributed by atoms with Crippen LogP contribution in [0, 0.1) is 0 Å². The van der Waals surface area contributed by atoms with Crippen molar-refractivity contribution in [2.24, 2.45) is 0 Å². The van der Waals surface area contributed by atoms with Crippen LogP contribution >= 0.6 is 11.6 Å². The number of hydrogen-bond acceptors (Lipinski definition) is 3. The van der Waals surface area contributed by atoms with Crippen LogP contribution < -0.4 is 5.32 Å². The number of carboxylic acids is 1. The SMILES string of the molecule is O=C(O)c1c[nH]c2c(Nc3ccc(Cl)cc3)nc3ccccc3c12. The first kappa shape index (κ1) is 14.5. The topological polar surface area (TPSA) is 78.0 Å². The number of nitrogens with zero attached hydrogens (tertiary/aromatic N) is 1. The molecular formula is C18H12ClN3O2. The highest BCUT2D eigenvalue weighted by molar-refractivity contribution is 6.30. The lowest BCUT2D eigenvalue weighted by molar-refractivity contribution is 0.0699. The van der Waals surface area contributed by atoms with Crippen LogP contribution in [0.2, 0.25) is 5.02 Å². The number of anilines is 2. The Morgan fingerprint density at radius 3 is 2.62 bits per heavy atom. The summed E-state index contributed by atoms with van der Waals surface area (Å²) >= 11 is 5.91. The van der Waals surface area contributed by atoms with E-state index in [1.807, 2.05) is 36.4 Å². The van der Waals surface area contributed by atoms with E-state index >= 15 is 0 Å². The van der Waals surface area contributed by atoms with E-state index < -0.39 is 5.97 Å². The lowest BCUT2D eigenvalue weighted by atomic mass is 10.1. The molecule has 4 aromatic rings. The van der Waals surface area contributed by atoms with Gasteiger partial charge in [0.05, 0.1) is 16.6 Å². The molecule has 0 aliphatic heterocycles. The van der Waals surface area contributed by atoms with Crippen LogP contribution in [0.5, 0.6) is 0 Å². The van der Waals surface area contributed by atoms with Gasteiger partial charge in [-0.1, -0.05) is 29.8 Å². The van der Waals surface area contributed by atoms with E-state index in [1.165, 1.54) is 6.20 Å². The van der Waals surface area contributed by atoms with Gasteiger partial charge in [-0.25, -0.2) is 9.78 Å². The Kier molecular flexibility index (Phi) is 3.36. The minimum absolute atomic E-state index is 0.225. The molecule has 5 nitrogen and oxygen atoms in total. The number of aromatic carboxylic acids is 1. The Hall–Kier alpha value is -3.05. The number of pyridine rings is 1. The van der Waals surface area contributed by atoms with E-state index in [4.69, 9.17) is 11.6 Å². The van der Waals surface area contributed by atoms with E-state index in [9.17, 15) is 9.90 Å². The van der Waals surface area contributed by atoms with Crippen LogP contribution in [-0.4, -0.2) is 21.0 Å². The summed E-state index contributed by atoms with van der Waals surface area (Å²) in [5, 5.41) is 14.8. The number of benzene rings is 2. The van der Waals surface area contributed by atoms with Crippen LogP contribution in [0.15, 0.2) is 54.7 Å². The normalized spacial score (nSPS) is 11.0. The molecule has 0 saturated heterocycles. The molecule has 2 heterocycles. The third-order valence-corrected chi connectivity index (χ3v) is 4.11. The fourth-order valence-corrected chi connectivity index (χ4v) is 2.90. The van der Waals surface area contributed by atoms with Crippen molar-refractivity contribution in [3.8, 4) is 0 Å². The Morgan fingerprint density at radius 2 is 1.88 bits per heavy atom. The Morgan fingerprint density at radius 1 is 1.12 bits per heavy atom. The van der Waals surface area contributed by atoms with Gasteiger partial charge in [0.25, 0.3) is 0 Å². The maximum atomic E-state index is 11.6. The number of aromatic amines is 1. The van der Waals surface area contributed by atoms with Crippen LogP contribution in [0.3, 0.4) is 0 Å². The Bertz CT molecular complexity index is 1070. The van der Waals surface area contributed by atoms with E-state index in [0.717, 1.165) is 16.6 Å². The molecule has 0 aliphatic carbocycles. The second-order valence-corrected chi connectivity index (χ2v) is 5.80. The number of aromatic nitrogens is 2. The molecule has 118 valence electrons. The average Bonchev–Trinajstić information content (AvgIpc) is 3.03. The first-order valence-corrected chi connectivity index (χ1v) is 7.67. The lowest BCUT2D eigenvalue weighted by Gasteiger charge is -2.09. The summed E-state index contributed by atoms with van der Waals surface area (Å²) in [6.45, 7) is 0. The minimum Gasteiger partial charge on any atom is -0.478 e. The molecule has 0 saturated carbocycles. The molecule has 0 radical (unpaired) electrons. The number of nitrogens with one attached hydrogen (secondary N) is 2. The third kappa shape index (κ3) is 2.35. The van der Waals surface area contributed by atoms with Crippen LogP contribution in [-0.2, 0) is 0 Å². The zero-order valence-corrected chi connectivity index (χ0v) is 13.1. The molecule has 0 amide bonds. The number of carbonyl (C=O) groups is 1. The van der Waals surface area contributed by atoms with E-state index in [-0.39, 0.29) is 5.56 Å². The molecule has 0 bridgehead atoms. The van der Waals surface area contributed by atoms with Crippen LogP contribution in [0.4, 0.5) is 11.5 Å². The summed E-state index contributed by atoms with van der Waals surface area (Å²) in [6, 6.07) is 14.7. The summed E-state index contributed by atoms with van der Waals surface area (Å²) in [5.41, 5.74) is 2.42. The van der Waals surface area contributed by atoms with Gasteiger partial charge in [-0.05, 0) is 30.3 Å². The fourth-order valence-electron chi connectivity index (χ4n) is 2.78. The van der Waals surface area contributed by atoms with E-state index in [2.05, 4.69) is 15.3 Å². The van der Waals surface area contributed by atoms with Crippen molar-refractivity contribution in [3.05, 3.63) is 65.3 Å². The van der Waals surface area contributed by atoms with Gasteiger partial charge in [-0.3, -0.25) is 0 Å². The summed E-state index contributed by atoms with van der Waals surface area (Å²) in [5.74, 6) is -0.409. The molecule has 6 heteroatoms. The predicted octanol–water partition coefficient (Wildman–Crippen LogP) is 4.81. The highest BCUT2D eigenvalue weighted by Crippen LogP contribution is 2.33. The van der Waals surface area contributed by atoms with Gasteiger partial charge in [-0.15, -0.1) is 0 Å². The average molecular weight is 338 g/mol. The summed E-state index contributed by atoms with van der Waals surface area (Å²) in [4.78, 5) is 19.2. The summed E-state index contributed by atoms with van der Waals surface area (Å²) in [7, 11) is 0. The van der Waals surface area contributed by atoms with Gasteiger partial charge in [0.15, 0.2) is 5.82 Å². The van der Waals surface area contributed by atoms with Crippen molar-refractivity contribution in [1.82, 2.24) is 9.97 Å². The summed E-state index contributed by atoms with van der Waals surface area (Å²) in [6.07, 6.45) is 1.49. The molecule has 0 spiro atoms. The van der Waals surface area contributed by atoms with Crippen molar-refractivity contribution in [1.29, 1.82) is 0 Å². The first-order valence-electron chi connectivity index (χ1n) is 7.29. The number of H-pyrrole nitrogens is 1. The van der Waals surface area contributed by atoms with E-state index in [1.54, 1.807) is 12.1 Å². The van der Waals surface area contributed by atoms with Crippen molar-refractivity contribution in [3.63, 3.8) is 0 Å². The van der Waals surface area contributed by atoms with Gasteiger partial charge in [-0.2, -0.15) is 0 Å². The third-order valence-electron chi connectivity index (χ3n) is 3.86. The molecule has 0 atom stereocenters. The number of para-hydroxylation sites is 1. The zero-order valence-electron chi connectivity index (χ0n) is 12.4. The highest BCUT2D eigenvalue weighted by atomic mass is 35.5. The second kappa shape index (κ2) is 5.54. The molecule has 3 N–H and O–H groups in total. The number of fused-ring (bicyclic) bond motifs is 3. The maximum Gasteiger partial charge on any atom is 0.337 e.